The van der Waals surface area contributed by atoms with E-state index in [0.29, 0.717) is 19.0 Å². The van der Waals surface area contributed by atoms with Crippen molar-refractivity contribution in [1.82, 2.24) is 25.4 Å². The molecule has 1 saturated heterocycles. The lowest BCUT2D eigenvalue weighted by molar-refractivity contribution is 0.132. The molecular formula is C26H34N6O. The van der Waals surface area contributed by atoms with Crippen molar-refractivity contribution in [1.29, 1.82) is 0 Å². The van der Waals surface area contributed by atoms with Gasteiger partial charge in [-0.1, -0.05) is 49.4 Å². The second-order valence-electron chi connectivity index (χ2n) is 8.32. The first-order valence-electron chi connectivity index (χ1n) is 11.7. The van der Waals surface area contributed by atoms with Gasteiger partial charge in [-0.15, -0.1) is 0 Å². The molecule has 2 heterocycles. The molecule has 0 amide bonds. The Kier molecular flexibility index (Phi) is 8.11. The van der Waals surface area contributed by atoms with E-state index in [-0.39, 0.29) is 0 Å². The van der Waals surface area contributed by atoms with Gasteiger partial charge in [-0.25, -0.2) is 4.98 Å². The van der Waals surface area contributed by atoms with Crippen molar-refractivity contribution in [3.8, 4) is 11.5 Å². The van der Waals surface area contributed by atoms with Crippen LogP contribution < -0.4 is 10.6 Å². The van der Waals surface area contributed by atoms with Crippen LogP contribution in [0.4, 0.5) is 0 Å². The van der Waals surface area contributed by atoms with Crippen LogP contribution in [0.1, 0.15) is 23.7 Å². The fourth-order valence-electron chi connectivity index (χ4n) is 3.97. The average Bonchev–Trinajstić information content (AvgIpc) is 3.35. The van der Waals surface area contributed by atoms with Crippen LogP contribution in [-0.4, -0.2) is 60.5 Å². The van der Waals surface area contributed by atoms with Crippen molar-refractivity contribution in [2.45, 2.75) is 26.6 Å². The highest BCUT2D eigenvalue weighted by Gasteiger charge is 2.15. The number of guanidine groups is 1. The van der Waals surface area contributed by atoms with E-state index in [2.05, 4.69) is 61.6 Å². The van der Waals surface area contributed by atoms with Crippen molar-refractivity contribution in [2.75, 3.05) is 39.8 Å². The number of benzene rings is 2. The highest BCUT2D eigenvalue weighted by Crippen LogP contribution is 2.17. The number of nitrogens with zero attached hydrogens (tertiary/aromatic N) is 4. The van der Waals surface area contributed by atoms with Crippen molar-refractivity contribution in [3.63, 3.8) is 0 Å². The number of hydrogen-bond acceptors (Lipinski definition) is 5. The lowest BCUT2D eigenvalue weighted by Gasteiger charge is -2.34. The number of rotatable bonds is 8. The zero-order valence-electron chi connectivity index (χ0n) is 19.6. The summed E-state index contributed by atoms with van der Waals surface area (Å²) in [7, 11) is 1.77. The van der Waals surface area contributed by atoms with Crippen LogP contribution >= 0.6 is 0 Å². The molecule has 33 heavy (non-hydrogen) atoms. The molecule has 4 rings (SSSR count). The lowest BCUT2D eigenvalue weighted by Crippen LogP contribution is -2.45. The minimum Gasteiger partial charge on any atom is -0.444 e. The Bertz CT molecular complexity index is 1010. The third kappa shape index (κ3) is 6.66. The van der Waals surface area contributed by atoms with Crippen molar-refractivity contribution >= 4 is 5.96 Å². The van der Waals surface area contributed by atoms with E-state index in [1.807, 2.05) is 30.3 Å². The average molecular weight is 447 g/mol. The number of hydrogen-bond donors (Lipinski definition) is 2. The van der Waals surface area contributed by atoms with Crippen LogP contribution in [-0.2, 0) is 19.6 Å². The molecule has 1 aliphatic heterocycles. The van der Waals surface area contributed by atoms with E-state index >= 15 is 0 Å². The first-order chi connectivity index (χ1) is 16.2. The summed E-state index contributed by atoms with van der Waals surface area (Å²) in [6, 6.07) is 18.8. The van der Waals surface area contributed by atoms with Gasteiger partial charge in [-0.2, -0.15) is 0 Å². The molecule has 0 unspecified atom stereocenters. The zero-order valence-corrected chi connectivity index (χ0v) is 19.6. The molecule has 0 spiro atoms. The number of oxazole rings is 1. The maximum absolute atomic E-state index is 5.61. The van der Waals surface area contributed by atoms with Crippen LogP contribution in [0.2, 0.25) is 0 Å². The van der Waals surface area contributed by atoms with Gasteiger partial charge in [0, 0.05) is 51.9 Å². The van der Waals surface area contributed by atoms with Gasteiger partial charge in [-0.3, -0.25) is 9.89 Å². The third-order valence-corrected chi connectivity index (χ3v) is 6.03. The monoisotopic (exact) mass is 446 g/mol. The Labute approximate surface area is 196 Å². The first-order valence-corrected chi connectivity index (χ1v) is 11.7. The second-order valence-corrected chi connectivity index (χ2v) is 8.32. The fourth-order valence-corrected chi connectivity index (χ4v) is 3.97. The molecule has 174 valence electrons. The molecule has 0 saturated carbocycles. The molecule has 7 heteroatoms. The lowest BCUT2D eigenvalue weighted by atomic mass is 10.1. The molecule has 0 bridgehead atoms. The molecule has 0 aliphatic carbocycles. The van der Waals surface area contributed by atoms with Crippen LogP contribution in [0, 0.1) is 0 Å². The summed E-state index contributed by atoms with van der Waals surface area (Å²) in [5.74, 6) is 1.36. The van der Waals surface area contributed by atoms with Gasteiger partial charge in [0.05, 0.1) is 12.2 Å². The summed E-state index contributed by atoms with van der Waals surface area (Å²) in [5, 5.41) is 6.67. The van der Waals surface area contributed by atoms with Gasteiger partial charge in [0.15, 0.2) is 5.96 Å². The number of aliphatic imine (C=N–C) groups is 1. The number of aromatic nitrogens is 1. The minimum absolute atomic E-state index is 0.542. The zero-order chi connectivity index (χ0) is 22.9. The fraction of sp³-hybridized carbons (Fsp3) is 0.385. The van der Waals surface area contributed by atoms with Crippen LogP contribution in [0.15, 0.2) is 70.3 Å². The molecule has 2 N–H and O–H groups in total. The molecule has 1 aliphatic rings. The molecule has 7 nitrogen and oxygen atoms in total. The van der Waals surface area contributed by atoms with E-state index in [1.165, 1.54) is 24.2 Å². The Morgan fingerprint density at radius 1 is 0.909 bits per heavy atom. The third-order valence-electron chi connectivity index (χ3n) is 6.03. The van der Waals surface area contributed by atoms with E-state index in [9.17, 15) is 0 Å². The molecular weight excluding hydrogens is 412 g/mol. The topological polar surface area (TPSA) is 68.9 Å². The van der Waals surface area contributed by atoms with Crippen LogP contribution in [0.5, 0.6) is 0 Å². The molecule has 1 aromatic heterocycles. The molecule has 0 atom stereocenters. The predicted octanol–water partition coefficient (Wildman–Crippen LogP) is 3.34. The summed E-state index contributed by atoms with van der Waals surface area (Å²) in [5.41, 5.74) is 4.40. The smallest absolute Gasteiger partial charge is 0.226 e. The second kappa shape index (κ2) is 11.6. The van der Waals surface area contributed by atoms with Crippen LogP contribution in [0.3, 0.4) is 0 Å². The maximum atomic E-state index is 5.61. The molecule has 2 aromatic carbocycles. The van der Waals surface area contributed by atoms with E-state index in [1.54, 1.807) is 13.3 Å². The van der Waals surface area contributed by atoms with Gasteiger partial charge >= 0.3 is 0 Å². The van der Waals surface area contributed by atoms with Gasteiger partial charge in [0.2, 0.25) is 5.89 Å². The van der Waals surface area contributed by atoms with Crippen molar-refractivity contribution in [3.05, 3.63) is 77.7 Å². The summed E-state index contributed by atoms with van der Waals surface area (Å²) in [6.45, 7) is 10.3. The van der Waals surface area contributed by atoms with Crippen molar-refractivity contribution in [2.24, 2.45) is 4.99 Å². The maximum Gasteiger partial charge on any atom is 0.226 e. The first kappa shape index (κ1) is 23.0. The standard InChI is InChI=1S/C26H34N6O/c1-3-31-13-15-32(16-14-31)19-22-11-9-21(10-12-22)17-28-26(27-2)29-18-24-20-33-25(30-24)23-7-5-4-6-8-23/h4-12,20H,3,13-19H2,1-2H3,(H2,27,28,29). The number of nitrogens with one attached hydrogen (secondary N) is 2. The molecule has 1 fully saturated rings. The molecule has 0 radical (unpaired) electrons. The van der Waals surface area contributed by atoms with Gasteiger partial charge in [-0.05, 0) is 29.8 Å². The number of likely N-dealkylation sites (N-methyl/N-ethyl adjacent to an activating group) is 1. The Morgan fingerprint density at radius 2 is 1.58 bits per heavy atom. The summed E-state index contributed by atoms with van der Waals surface area (Å²) in [4.78, 5) is 13.9. The Morgan fingerprint density at radius 3 is 2.27 bits per heavy atom. The normalized spacial score (nSPS) is 15.5. The van der Waals surface area contributed by atoms with Gasteiger partial charge in [0.25, 0.3) is 0 Å². The van der Waals surface area contributed by atoms with Gasteiger partial charge in [0.1, 0.15) is 6.26 Å². The van der Waals surface area contributed by atoms with Crippen LogP contribution in [0.25, 0.3) is 11.5 Å². The summed E-state index contributed by atoms with van der Waals surface area (Å²) in [6.07, 6.45) is 1.68. The highest BCUT2D eigenvalue weighted by molar-refractivity contribution is 5.79. The molecule has 3 aromatic rings. The largest absolute Gasteiger partial charge is 0.444 e. The van der Waals surface area contributed by atoms with Gasteiger partial charge < -0.3 is 20.0 Å². The minimum atomic E-state index is 0.542. The summed E-state index contributed by atoms with van der Waals surface area (Å²) < 4.78 is 5.61. The number of piperazine rings is 1. The highest BCUT2D eigenvalue weighted by atomic mass is 16.3. The Hall–Kier alpha value is -3.16. The van der Waals surface area contributed by atoms with E-state index in [0.717, 1.165) is 43.4 Å². The SMILES string of the molecule is CCN1CCN(Cc2ccc(CNC(=NC)NCc3coc(-c4ccccc4)n3)cc2)CC1. The predicted molar refractivity (Wildman–Crippen MR) is 133 cm³/mol. The van der Waals surface area contributed by atoms with E-state index in [4.69, 9.17) is 4.42 Å². The Balaban J connectivity index is 1.21. The quantitative estimate of drug-likeness (QED) is 0.409. The van der Waals surface area contributed by atoms with Crippen molar-refractivity contribution < 1.29 is 4.42 Å². The van der Waals surface area contributed by atoms with E-state index < -0.39 is 0 Å². The summed E-state index contributed by atoms with van der Waals surface area (Å²) >= 11 is 0.